The van der Waals surface area contributed by atoms with Gasteiger partial charge in [-0.05, 0) is 81.5 Å². The van der Waals surface area contributed by atoms with E-state index >= 15 is 0 Å². The summed E-state index contributed by atoms with van der Waals surface area (Å²) in [5, 5.41) is 2.89. The highest BCUT2D eigenvalue weighted by atomic mass is 32.2. The van der Waals surface area contributed by atoms with Crippen LogP contribution in [0.15, 0.2) is 53.7 Å². The standard InChI is InChI=1S/C28H29F7N2O3S/c1-4-16(2)41(39,40)25-12-9-21(17(3)37-24(38)18-10-13-36-14-11-18)23(25)7-5-19-15-20(6-8-22(19)25)26(29,27(30,31)32)28(33,34)35/h4,6,8,10-11,13-15,17,21,23H,5,7,9,12H2,1-3H3,(H,37,38)/b16-4+/t17?,21-,23-,25+/m0/s1. The van der Waals surface area contributed by atoms with Crippen molar-refractivity contribution in [3.05, 3.63) is 76.0 Å². The molecule has 13 heteroatoms. The van der Waals surface area contributed by atoms with Crippen LogP contribution in [0.3, 0.4) is 0 Å². The molecular formula is C28H29F7N2O3S. The minimum atomic E-state index is -6.29. The van der Waals surface area contributed by atoms with Gasteiger partial charge in [0, 0.05) is 34.5 Å². The van der Waals surface area contributed by atoms with Gasteiger partial charge in [-0.25, -0.2) is 12.8 Å². The van der Waals surface area contributed by atoms with Crippen molar-refractivity contribution in [2.45, 2.75) is 75.3 Å². The zero-order chi connectivity index (χ0) is 30.6. The fourth-order valence-electron chi connectivity index (χ4n) is 6.54. The van der Waals surface area contributed by atoms with Crippen LogP contribution in [0, 0.1) is 11.8 Å². The van der Waals surface area contributed by atoms with E-state index in [1.165, 1.54) is 44.4 Å². The normalized spacial score (nSPS) is 24.4. The molecule has 0 bridgehead atoms. The Labute approximate surface area is 233 Å². The Morgan fingerprint density at radius 1 is 1.05 bits per heavy atom. The van der Waals surface area contributed by atoms with E-state index in [2.05, 4.69) is 10.3 Å². The van der Waals surface area contributed by atoms with E-state index in [4.69, 9.17) is 0 Å². The predicted molar refractivity (Wildman–Crippen MR) is 137 cm³/mol. The second-order valence-corrected chi connectivity index (χ2v) is 13.0. The van der Waals surface area contributed by atoms with Crippen molar-refractivity contribution in [3.63, 3.8) is 0 Å². The van der Waals surface area contributed by atoms with Crippen LogP contribution >= 0.6 is 0 Å². The van der Waals surface area contributed by atoms with Gasteiger partial charge >= 0.3 is 18.0 Å². The second-order valence-electron chi connectivity index (χ2n) is 10.7. The van der Waals surface area contributed by atoms with Crippen LogP contribution in [0.25, 0.3) is 0 Å². The Morgan fingerprint density at radius 3 is 2.22 bits per heavy atom. The molecule has 1 aromatic carbocycles. The monoisotopic (exact) mass is 606 g/mol. The molecule has 4 atom stereocenters. The summed E-state index contributed by atoms with van der Waals surface area (Å²) in [6.45, 7) is 4.63. The van der Waals surface area contributed by atoms with Gasteiger partial charge in [-0.1, -0.05) is 24.3 Å². The number of sulfone groups is 1. The first kappa shape index (κ1) is 31.0. The summed E-state index contributed by atoms with van der Waals surface area (Å²) in [4.78, 5) is 16.7. The van der Waals surface area contributed by atoms with Gasteiger partial charge in [0.05, 0.1) is 0 Å². The number of fused-ring (bicyclic) bond motifs is 3. The number of halogens is 7. The van der Waals surface area contributed by atoms with Crippen LogP contribution in [0.2, 0.25) is 0 Å². The number of rotatable bonds is 6. The molecule has 1 fully saturated rings. The van der Waals surface area contributed by atoms with Crippen LogP contribution in [0.1, 0.15) is 67.1 Å². The predicted octanol–water partition coefficient (Wildman–Crippen LogP) is 6.70. The summed E-state index contributed by atoms with van der Waals surface area (Å²) in [5.41, 5.74) is -6.92. The number of carbonyl (C=O) groups is 1. The van der Waals surface area contributed by atoms with E-state index in [0.29, 0.717) is 24.1 Å². The van der Waals surface area contributed by atoms with Crippen molar-refractivity contribution in [2.75, 3.05) is 0 Å². The van der Waals surface area contributed by atoms with Crippen molar-refractivity contribution < 1.29 is 43.9 Å². The smallest absolute Gasteiger partial charge is 0.349 e. The molecule has 0 aliphatic heterocycles. The molecule has 1 amide bonds. The lowest BCUT2D eigenvalue weighted by Crippen LogP contribution is -2.51. The van der Waals surface area contributed by atoms with Gasteiger partial charge in [0.1, 0.15) is 4.75 Å². The van der Waals surface area contributed by atoms with Crippen LogP contribution < -0.4 is 5.32 Å². The summed E-state index contributed by atoms with van der Waals surface area (Å²) in [6.07, 6.45) is -7.92. The summed E-state index contributed by atoms with van der Waals surface area (Å²) in [6, 6.07) is 4.33. The molecule has 2 aliphatic rings. The summed E-state index contributed by atoms with van der Waals surface area (Å²) >= 11 is 0. The number of allylic oxidation sites excluding steroid dienone is 2. The molecular weight excluding hydrogens is 577 g/mol. The van der Waals surface area contributed by atoms with Crippen LogP contribution in [-0.4, -0.2) is 37.7 Å². The van der Waals surface area contributed by atoms with E-state index in [9.17, 15) is 43.9 Å². The summed E-state index contributed by atoms with van der Waals surface area (Å²) < 4.78 is 122. The highest BCUT2D eigenvalue weighted by Crippen LogP contribution is 2.61. The first-order valence-electron chi connectivity index (χ1n) is 13.0. The van der Waals surface area contributed by atoms with Crippen molar-refractivity contribution >= 4 is 15.7 Å². The maximum atomic E-state index is 14.9. The molecule has 1 unspecified atom stereocenters. The zero-order valence-corrected chi connectivity index (χ0v) is 23.2. The van der Waals surface area contributed by atoms with Crippen molar-refractivity contribution in [2.24, 2.45) is 11.8 Å². The number of carbonyl (C=O) groups excluding carboxylic acids is 1. The van der Waals surface area contributed by atoms with E-state index in [1.54, 1.807) is 6.92 Å². The van der Waals surface area contributed by atoms with E-state index in [1.807, 2.05) is 0 Å². The van der Waals surface area contributed by atoms with Crippen molar-refractivity contribution in [1.82, 2.24) is 10.3 Å². The summed E-state index contributed by atoms with van der Waals surface area (Å²) in [7, 11) is -4.17. The van der Waals surface area contributed by atoms with Crippen LogP contribution in [-0.2, 0) is 26.7 Å². The molecule has 0 saturated heterocycles. The number of amides is 1. The number of nitrogens with zero attached hydrogens (tertiary/aromatic N) is 1. The number of nitrogens with one attached hydrogen (secondary N) is 1. The molecule has 1 aromatic heterocycles. The lowest BCUT2D eigenvalue weighted by atomic mass is 9.71. The second kappa shape index (κ2) is 10.4. The molecule has 224 valence electrons. The molecule has 4 rings (SSSR count). The summed E-state index contributed by atoms with van der Waals surface area (Å²) in [5.74, 6) is -1.39. The molecule has 0 spiro atoms. The Hall–Kier alpha value is -2.96. The molecule has 0 radical (unpaired) electrons. The lowest BCUT2D eigenvalue weighted by Gasteiger charge is -2.44. The molecule has 5 nitrogen and oxygen atoms in total. The molecule has 1 N–H and O–H groups in total. The van der Waals surface area contributed by atoms with Gasteiger partial charge in [-0.3, -0.25) is 9.78 Å². The average molecular weight is 607 g/mol. The molecule has 1 saturated carbocycles. The first-order chi connectivity index (χ1) is 18.9. The third-order valence-corrected chi connectivity index (χ3v) is 11.5. The Balaban J connectivity index is 1.82. The third kappa shape index (κ3) is 4.73. The lowest BCUT2D eigenvalue weighted by molar-refractivity contribution is -0.348. The fraction of sp³-hybridized carbons (Fsp3) is 0.500. The average Bonchev–Trinajstić information content (AvgIpc) is 3.32. The maximum absolute atomic E-state index is 14.9. The maximum Gasteiger partial charge on any atom is 0.435 e. The topological polar surface area (TPSA) is 76.1 Å². The fourth-order valence-corrected chi connectivity index (χ4v) is 8.99. The first-order valence-corrected chi connectivity index (χ1v) is 14.5. The molecule has 2 aromatic rings. The highest BCUT2D eigenvalue weighted by Gasteiger charge is 2.73. The zero-order valence-electron chi connectivity index (χ0n) is 22.4. The van der Waals surface area contributed by atoms with Crippen LogP contribution in [0.4, 0.5) is 30.7 Å². The van der Waals surface area contributed by atoms with E-state index < -0.39 is 56.0 Å². The highest BCUT2D eigenvalue weighted by molar-refractivity contribution is 7.96. The largest absolute Gasteiger partial charge is 0.435 e. The van der Waals surface area contributed by atoms with Gasteiger partial charge in [0.25, 0.3) is 5.91 Å². The SMILES string of the molecule is C/C=C(\C)S(=O)(=O)[C@@]12CC[C@@H](C(C)NC(=O)c3ccncc3)[C@@H]1CCc1cc(C(F)(C(F)(F)F)C(F)(F)F)ccc12. The molecule has 1 heterocycles. The third-order valence-electron chi connectivity index (χ3n) is 8.68. The number of alkyl halides is 7. The van der Waals surface area contributed by atoms with E-state index in [-0.39, 0.29) is 41.2 Å². The van der Waals surface area contributed by atoms with Crippen molar-refractivity contribution in [3.8, 4) is 0 Å². The molecule has 41 heavy (non-hydrogen) atoms. The number of hydrogen-bond donors (Lipinski definition) is 1. The van der Waals surface area contributed by atoms with Gasteiger partial charge in [-0.15, -0.1) is 0 Å². The Bertz CT molecular complexity index is 1440. The van der Waals surface area contributed by atoms with Gasteiger partial charge in [0.15, 0.2) is 9.84 Å². The quantitative estimate of drug-likeness (QED) is 0.372. The number of hydrogen-bond acceptors (Lipinski definition) is 4. The Kier molecular flexibility index (Phi) is 7.85. The van der Waals surface area contributed by atoms with Crippen molar-refractivity contribution in [1.29, 1.82) is 0 Å². The number of aromatic nitrogens is 1. The minimum Gasteiger partial charge on any atom is -0.349 e. The van der Waals surface area contributed by atoms with Crippen LogP contribution in [0.5, 0.6) is 0 Å². The number of pyridine rings is 1. The van der Waals surface area contributed by atoms with Gasteiger partial charge < -0.3 is 5.32 Å². The number of aryl methyl sites for hydroxylation is 1. The minimum absolute atomic E-state index is 0.000952. The molecule has 2 aliphatic carbocycles. The van der Waals surface area contributed by atoms with E-state index in [0.717, 1.165) is 6.07 Å². The number of benzene rings is 1. The van der Waals surface area contributed by atoms with Gasteiger partial charge in [-0.2, -0.15) is 26.3 Å². The van der Waals surface area contributed by atoms with Gasteiger partial charge in [0.2, 0.25) is 0 Å². The Morgan fingerprint density at radius 2 is 1.66 bits per heavy atom.